The van der Waals surface area contributed by atoms with Gasteiger partial charge in [-0.15, -0.1) is 12.3 Å². The topological polar surface area (TPSA) is 88.0 Å². The SMILES string of the molecule is C#CCCC1(CCNC(=O)c2ccc(S(=O)(=O)C3CCC3)cc2)N=N1. The summed E-state index contributed by atoms with van der Waals surface area (Å²) in [6.45, 7) is 0.443. The Kier molecular flexibility index (Phi) is 4.91. The summed E-state index contributed by atoms with van der Waals surface area (Å²) in [6.07, 6.45) is 9.59. The number of hydrogen-bond acceptors (Lipinski definition) is 5. The normalized spacial score (nSPS) is 18.2. The summed E-state index contributed by atoms with van der Waals surface area (Å²) in [4.78, 5) is 12.5. The van der Waals surface area contributed by atoms with Crippen molar-refractivity contribution in [1.29, 1.82) is 0 Å². The van der Waals surface area contributed by atoms with Crippen LogP contribution in [0.5, 0.6) is 0 Å². The van der Waals surface area contributed by atoms with E-state index in [1.807, 2.05) is 0 Å². The molecular weight excluding hydrogens is 338 g/mol. The zero-order chi connectivity index (χ0) is 17.9. The predicted octanol–water partition coefficient (Wildman–Crippen LogP) is 2.71. The van der Waals surface area contributed by atoms with E-state index in [2.05, 4.69) is 21.5 Å². The van der Waals surface area contributed by atoms with Gasteiger partial charge in [-0.05, 0) is 37.1 Å². The molecule has 1 aromatic carbocycles. The molecule has 0 radical (unpaired) electrons. The Bertz CT molecular complexity index is 812. The fourth-order valence-electron chi connectivity index (χ4n) is 2.82. The lowest BCUT2D eigenvalue weighted by atomic mass is 10.00. The van der Waals surface area contributed by atoms with E-state index in [0.717, 1.165) is 19.3 Å². The Morgan fingerprint density at radius 1 is 1.24 bits per heavy atom. The van der Waals surface area contributed by atoms with Crippen molar-refractivity contribution in [2.24, 2.45) is 10.2 Å². The van der Waals surface area contributed by atoms with Gasteiger partial charge in [0.2, 0.25) is 0 Å². The van der Waals surface area contributed by atoms with Crippen molar-refractivity contribution < 1.29 is 13.2 Å². The van der Waals surface area contributed by atoms with E-state index in [0.29, 0.717) is 31.4 Å². The molecule has 2 aliphatic rings. The van der Waals surface area contributed by atoms with Crippen LogP contribution in [0.15, 0.2) is 39.4 Å². The van der Waals surface area contributed by atoms with Crippen LogP contribution in [0.1, 0.15) is 48.9 Å². The van der Waals surface area contributed by atoms with Gasteiger partial charge in [-0.25, -0.2) is 8.42 Å². The molecule has 1 fully saturated rings. The first-order valence-electron chi connectivity index (χ1n) is 8.47. The lowest BCUT2D eigenvalue weighted by molar-refractivity contribution is 0.0952. The van der Waals surface area contributed by atoms with Crippen LogP contribution in [0, 0.1) is 12.3 Å². The van der Waals surface area contributed by atoms with Crippen LogP contribution in [0.4, 0.5) is 0 Å². The monoisotopic (exact) mass is 359 g/mol. The van der Waals surface area contributed by atoms with Gasteiger partial charge in [0, 0.05) is 31.4 Å². The molecule has 1 aliphatic heterocycles. The second-order valence-electron chi connectivity index (χ2n) is 6.51. The number of benzene rings is 1. The summed E-state index contributed by atoms with van der Waals surface area (Å²) in [5.41, 5.74) is 0.0234. The van der Waals surface area contributed by atoms with Crippen LogP contribution >= 0.6 is 0 Å². The molecule has 0 aromatic heterocycles. The molecule has 1 amide bonds. The van der Waals surface area contributed by atoms with Crippen LogP contribution in [0.25, 0.3) is 0 Å². The Morgan fingerprint density at radius 3 is 2.44 bits per heavy atom. The minimum Gasteiger partial charge on any atom is -0.352 e. The highest BCUT2D eigenvalue weighted by Crippen LogP contribution is 2.36. The van der Waals surface area contributed by atoms with Gasteiger partial charge >= 0.3 is 0 Å². The van der Waals surface area contributed by atoms with Crippen molar-refractivity contribution in [3.8, 4) is 12.3 Å². The first-order chi connectivity index (χ1) is 12.0. The number of hydrogen-bond donors (Lipinski definition) is 1. The number of nitrogens with zero attached hydrogens (tertiary/aromatic N) is 2. The van der Waals surface area contributed by atoms with Gasteiger partial charge in [0.05, 0.1) is 10.1 Å². The van der Waals surface area contributed by atoms with Crippen molar-refractivity contribution in [3.05, 3.63) is 29.8 Å². The molecule has 25 heavy (non-hydrogen) atoms. The molecule has 1 N–H and O–H groups in total. The first-order valence-corrected chi connectivity index (χ1v) is 10.0. The second kappa shape index (κ2) is 6.96. The highest BCUT2D eigenvalue weighted by atomic mass is 32.2. The molecule has 3 rings (SSSR count). The van der Waals surface area contributed by atoms with Crippen LogP contribution < -0.4 is 5.32 Å². The van der Waals surface area contributed by atoms with Gasteiger partial charge in [-0.1, -0.05) is 6.42 Å². The molecule has 0 atom stereocenters. The summed E-state index contributed by atoms with van der Waals surface area (Å²) in [5, 5.41) is 10.6. The number of terminal acetylenes is 1. The highest BCUT2D eigenvalue weighted by Gasteiger charge is 2.38. The highest BCUT2D eigenvalue weighted by molar-refractivity contribution is 7.92. The summed E-state index contributed by atoms with van der Waals surface area (Å²) in [5.74, 6) is 2.33. The van der Waals surface area contributed by atoms with Gasteiger partial charge in [0.15, 0.2) is 15.5 Å². The van der Waals surface area contributed by atoms with Crippen molar-refractivity contribution >= 4 is 15.7 Å². The molecule has 1 saturated carbocycles. The third kappa shape index (κ3) is 3.90. The van der Waals surface area contributed by atoms with Crippen LogP contribution in [0.3, 0.4) is 0 Å². The predicted molar refractivity (Wildman–Crippen MR) is 93.9 cm³/mol. The number of amides is 1. The van der Waals surface area contributed by atoms with Gasteiger partial charge in [0.25, 0.3) is 5.91 Å². The van der Waals surface area contributed by atoms with E-state index in [1.54, 1.807) is 12.1 Å². The van der Waals surface area contributed by atoms with Crippen molar-refractivity contribution in [3.63, 3.8) is 0 Å². The maximum atomic E-state index is 12.3. The minimum atomic E-state index is -3.25. The first kappa shape index (κ1) is 17.6. The standard InChI is InChI=1S/C18H21N3O3S/c1-2-3-11-18(20-21-18)12-13-19-17(22)14-7-9-16(10-8-14)25(23,24)15-5-4-6-15/h1,7-10,15H,3-6,11-13H2,(H,19,22). The maximum absolute atomic E-state index is 12.3. The summed E-state index contributed by atoms with van der Waals surface area (Å²) >= 11 is 0. The van der Waals surface area contributed by atoms with Crippen molar-refractivity contribution in [1.82, 2.24) is 5.32 Å². The molecule has 0 bridgehead atoms. The summed E-state index contributed by atoms with van der Waals surface area (Å²) < 4.78 is 24.7. The zero-order valence-electron chi connectivity index (χ0n) is 13.9. The van der Waals surface area contributed by atoms with Crippen molar-refractivity contribution in [2.75, 3.05) is 6.54 Å². The molecule has 0 spiro atoms. The van der Waals surface area contributed by atoms with Crippen LogP contribution in [-0.2, 0) is 9.84 Å². The number of carbonyl (C=O) groups excluding carboxylic acids is 1. The molecule has 132 valence electrons. The second-order valence-corrected chi connectivity index (χ2v) is 8.74. The fourth-order valence-corrected chi connectivity index (χ4v) is 4.67. The molecule has 7 heteroatoms. The van der Waals surface area contributed by atoms with Gasteiger partial charge in [-0.3, -0.25) is 4.79 Å². The Morgan fingerprint density at radius 2 is 1.92 bits per heavy atom. The van der Waals surface area contributed by atoms with Crippen LogP contribution in [-0.4, -0.2) is 31.8 Å². The summed E-state index contributed by atoms with van der Waals surface area (Å²) in [7, 11) is -3.25. The van der Waals surface area contributed by atoms with Crippen molar-refractivity contribution in [2.45, 2.75) is 54.3 Å². The molecule has 1 aliphatic carbocycles. The molecule has 1 aromatic rings. The number of rotatable bonds is 8. The number of carbonyl (C=O) groups is 1. The van der Waals surface area contributed by atoms with Gasteiger partial charge in [-0.2, -0.15) is 10.2 Å². The smallest absolute Gasteiger partial charge is 0.251 e. The third-order valence-electron chi connectivity index (χ3n) is 4.80. The summed E-state index contributed by atoms with van der Waals surface area (Å²) in [6, 6.07) is 6.15. The Hall–Kier alpha value is -2.20. The quantitative estimate of drug-likeness (QED) is 0.724. The van der Waals surface area contributed by atoms with Crippen LogP contribution in [0.2, 0.25) is 0 Å². The zero-order valence-corrected chi connectivity index (χ0v) is 14.8. The van der Waals surface area contributed by atoms with E-state index in [1.165, 1.54) is 12.1 Å². The maximum Gasteiger partial charge on any atom is 0.251 e. The van der Waals surface area contributed by atoms with Gasteiger partial charge < -0.3 is 5.32 Å². The molecule has 0 unspecified atom stereocenters. The third-order valence-corrected chi connectivity index (χ3v) is 7.08. The Labute approximate surface area is 148 Å². The fraction of sp³-hybridized carbons (Fsp3) is 0.500. The molecule has 6 nitrogen and oxygen atoms in total. The lowest BCUT2D eigenvalue weighted by Gasteiger charge is -2.25. The van der Waals surface area contributed by atoms with E-state index >= 15 is 0 Å². The lowest BCUT2D eigenvalue weighted by Crippen LogP contribution is -2.29. The minimum absolute atomic E-state index is 0.236. The number of nitrogens with one attached hydrogen (secondary N) is 1. The average Bonchev–Trinajstić information content (AvgIpc) is 3.31. The van der Waals surface area contributed by atoms with E-state index in [-0.39, 0.29) is 16.1 Å². The van der Waals surface area contributed by atoms with E-state index in [4.69, 9.17) is 6.42 Å². The Balaban J connectivity index is 1.52. The molecule has 0 saturated heterocycles. The van der Waals surface area contributed by atoms with E-state index < -0.39 is 15.5 Å². The molecule has 1 heterocycles. The van der Waals surface area contributed by atoms with E-state index in [9.17, 15) is 13.2 Å². The van der Waals surface area contributed by atoms with Gasteiger partial charge in [0.1, 0.15) is 0 Å². The average molecular weight is 359 g/mol. The molecular formula is C18H21N3O3S. The number of sulfone groups is 1. The largest absolute Gasteiger partial charge is 0.352 e.